The summed E-state index contributed by atoms with van der Waals surface area (Å²) < 4.78 is 10.8. The van der Waals surface area contributed by atoms with Gasteiger partial charge in [0.1, 0.15) is 0 Å². The minimum atomic E-state index is -1.09. The van der Waals surface area contributed by atoms with Gasteiger partial charge < -0.3 is 20.3 Å². The highest BCUT2D eigenvalue weighted by Crippen LogP contribution is 2.32. The van der Waals surface area contributed by atoms with Crippen LogP contribution in [-0.4, -0.2) is 24.8 Å². The number of nitrogens with two attached hydrogens (primary N) is 1. The van der Waals surface area contributed by atoms with Gasteiger partial charge in [0, 0.05) is 23.4 Å². The number of hydrogen-bond acceptors (Lipinski definition) is 5. The Balaban J connectivity index is 2.12. The van der Waals surface area contributed by atoms with Gasteiger partial charge in [0.2, 0.25) is 0 Å². The molecule has 106 valence electrons. The van der Waals surface area contributed by atoms with Crippen LogP contribution in [0.25, 0.3) is 0 Å². The van der Waals surface area contributed by atoms with Crippen LogP contribution in [0.15, 0.2) is 29.6 Å². The number of methoxy groups -OCH3 is 1. The monoisotopic (exact) mass is 293 g/mol. The molecular weight excluding hydrogens is 278 g/mol. The smallest absolute Gasteiger partial charge is 0.337 e. The van der Waals surface area contributed by atoms with E-state index in [-0.39, 0.29) is 11.3 Å². The highest BCUT2D eigenvalue weighted by atomic mass is 32.1. The summed E-state index contributed by atoms with van der Waals surface area (Å²) in [7, 11) is 1.49. The van der Waals surface area contributed by atoms with Crippen molar-refractivity contribution in [1.82, 2.24) is 0 Å². The Morgan fingerprint density at radius 2 is 2.20 bits per heavy atom. The summed E-state index contributed by atoms with van der Waals surface area (Å²) in [5.74, 6) is -0.275. The van der Waals surface area contributed by atoms with Gasteiger partial charge in [-0.05, 0) is 11.4 Å². The predicted molar refractivity (Wildman–Crippen MR) is 77.9 cm³/mol. The lowest BCUT2D eigenvalue weighted by atomic mass is 10.1. The quantitative estimate of drug-likeness (QED) is 0.800. The molecule has 1 aromatic heterocycles. The number of nitrogen functional groups attached to an aromatic ring is 1. The fourth-order valence-electron chi connectivity index (χ4n) is 1.75. The molecule has 0 fully saturated rings. The molecule has 0 bridgehead atoms. The van der Waals surface area contributed by atoms with Gasteiger partial charge in [-0.3, -0.25) is 0 Å². The Kier molecular flexibility index (Phi) is 4.47. The first-order valence-corrected chi connectivity index (χ1v) is 6.85. The molecule has 0 aliphatic carbocycles. The molecule has 0 atom stereocenters. The molecule has 0 aliphatic rings. The highest BCUT2D eigenvalue weighted by molar-refractivity contribution is 7.09. The molecule has 1 heterocycles. The molecule has 0 aliphatic heterocycles. The van der Waals surface area contributed by atoms with Gasteiger partial charge in [0.25, 0.3) is 0 Å². The SMILES string of the molecule is COc1cc(N)c(C(=O)O)cc1OCCc1cccs1. The fraction of sp³-hybridized carbons (Fsp3) is 0.214. The van der Waals surface area contributed by atoms with Crippen LogP contribution in [0.3, 0.4) is 0 Å². The van der Waals surface area contributed by atoms with Crippen LogP contribution in [0.1, 0.15) is 15.2 Å². The summed E-state index contributed by atoms with van der Waals surface area (Å²) >= 11 is 1.65. The van der Waals surface area contributed by atoms with E-state index >= 15 is 0 Å². The van der Waals surface area contributed by atoms with Crippen LogP contribution in [0.4, 0.5) is 5.69 Å². The standard InChI is InChI=1S/C14H15NO4S/c1-18-12-8-11(15)10(14(16)17)7-13(12)19-5-4-9-3-2-6-20-9/h2-3,6-8H,4-5,15H2,1H3,(H,16,17). The second-order valence-corrected chi connectivity index (χ2v) is 5.11. The van der Waals surface area contributed by atoms with Crippen molar-refractivity contribution in [2.24, 2.45) is 0 Å². The maximum Gasteiger partial charge on any atom is 0.337 e. The second-order valence-electron chi connectivity index (χ2n) is 4.07. The molecule has 3 N–H and O–H groups in total. The van der Waals surface area contributed by atoms with E-state index in [1.807, 2.05) is 17.5 Å². The molecule has 2 rings (SSSR count). The van der Waals surface area contributed by atoms with E-state index in [2.05, 4.69) is 0 Å². The van der Waals surface area contributed by atoms with E-state index in [9.17, 15) is 4.79 Å². The number of rotatable bonds is 6. The van der Waals surface area contributed by atoms with Gasteiger partial charge in [-0.15, -0.1) is 11.3 Å². The summed E-state index contributed by atoms with van der Waals surface area (Å²) in [6.45, 7) is 0.444. The van der Waals surface area contributed by atoms with E-state index in [1.54, 1.807) is 11.3 Å². The fourth-order valence-corrected chi connectivity index (χ4v) is 2.44. The number of aromatic carboxylic acids is 1. The zero-order valence-electron chi connectivity index (χ0n) is 11.0. The van der Waals surface area contributed by atoms with E-state index in [0.29, 0.717) is 18.1 Å². The lowest BCUT2D eigenvalue weighted by Crippen LogP contribution is -2.06. The summed E-state index contributed by atoms with van der Waals surface area (Å²) in [5.41, 5.74) is 5.82. The zero-order valence-corrected chi connectivity index (χ0v) is 11.8. The van der Waals surface area contributed by atoms with Crippen LogP contribution in [0, 0.1) is 0 Å². The molecule has 0 amide bonds. The molecule has 0 radical (unpaired) electrons. The molecule has 6 heteroatoms. The van der Waals surface area contributed by atoms with Crippen molar-refractivity contribution in [2.75, 3.05) is 19.5 Å². The molecular formula is C14H15NO4S. The highest BCUT2D eigenvalue weighted by Gasteiger charge is 2.14. The molecule has 2 aromatic rings. The van der Waals surface area contributed by atoms with E-state index in [1.165, 1.54) is 24.1 Å². The number of carboxylic acids is 1. The third-order valence-corrected chi connectivity index (χ3v) is 3.69. The topological polar surface area (TPSA) is 81.8 Å². The van der Waals surface area contributed by atoms with Gasteiger partial charge in [0.15, 0.2) is 11.5 Å². The summed E-state index contributed by atoms with van der Waals surface area (Å²) in [4.78, 5) is 12.3. The van der Waals surface area contributed by atoms with Gasteiger partial charge in [-0.25, -0.2) is 4.79 Å². The van der Waals surface area contributed by atoms with Crippen LogP contribution >= 0.6 is 11.3 Å². The first-order chi connectivity index (χ1) is 9.61. The lowest BCUT2D eigenvalue weighted by Gasteiger charge is -2.12. The first-order valence-electron chi connectivity index (χ1n) is 5.97. The molecule has 1 aromatic carbocycles. The summed E-state index contributed by atoms with van der Waals surface area (Å²) in [5, 5.41) is 11.1. The number of carboxylic acid groups (broad SMARTS) is 1. The second kappa shape index (κ2) is 6.29. The van der Waals surface area contributed by atoms with Crippen molar-refractivity contribution in [3.8, 4) is 11.5 Å². The largest absolute Gasteiger partial charge is 0.493 e. The molecule has 5 nitrogen and oxygen atoms in total. The van der Waals surface area contributed by atoms with Gasteiger partial charge in [-0.2, -0.15) is 0 Å². The van der Waals surface area contributed by atoms with Crippen LogP contribution in [0.2, 0.25) is 0 Å². The Morgan fingerprint density at radius 1 is 1.40 bits per heavy atom. The number of thiophene rings is 1. The minimum Gasteiger partial charge on any atom is -0.493 e. The van der Waals surface area contributed by atoms with Crippen molar-refractivity contribution < 1.29 is 19.4 Å². The van der Waals surface area contributed by atoms with E-state index < -0.39 is 5.97 Å². The van der Waals surface area contributed by atoms with E-state index in [4.69, 9.17) is 20.3 Å². The first kappa shape index (κ1) is 14.2. The number of carbonyl (C=O) groups is 1. The van der Waals surface area contributed by atoms with Crippen molar-refractivity contribution in [3.05, 3.63) is 40.1 Å². The molecule has 0 spiro atoms. The van der Waals surface area contributed by atoms with Crippen LogP contribution < -0.4 is 15.2 Å². The van der Waals surface area contributed by atoms with E-state index in [0.717, 1.165) is 6.42 Å². The van der Waals surface area contributed by atoms with Gasteiger partial charge >= 0.3 is 5.97 Å². The number of hydrogen-bond donors (Lipinski definition) is 2. The number of anilines is 1. The normalized spacial score (nSPS) is 10.2. The van der Waals surface area contributed by atoms with Crippen LogP contribution in [-0.2, 0) is 6.42 Å². The van der Waals surface area contributed by atoms with Crippen molar-refractivity contribution >= 4 is 23.0 Å². The Morgan fingerprint density at radius 3 is 2.80 bits per heavy atom. The Labute approximate surface area is 120 Å². The maximum absolute atomic E-state index is 11.1. The lowest BCUT2D eigenvalue weighted by molar-refractivity contribution is 0.0697. The van der Waals surface area contributed by atoms with Gasteiger partial charge in [-0.1, -0.05) is 6.07 Å². The Bertz CT molecular complexity index is 595. The number of benzene rings is 1. The average molecular weight is 293 g/mol. The minimum absolute atomic E-state index is 0.0110. The number of ether oxygens (including phenoxy) is 2. The summed E-state index contributed by atoms with van der Waals surface area (Å²) in [6.07, 6.45) is 0.758. The zero-order chi connectivity index (χ0) is 14.5. The molecule has 0 saturated carbocycles. The summed E-state index contributed by atoms with van der Waals surface area (Å²) in [6, 6.07) is 6.86. The van der Waals surface area contributed by atoms with Crippen molar-refractivity contribution in [3.63, 3.8) is 0 Å². The average Bonchev–Trinajstić information content (AvgIpc) is 2.92. The third-order valence-electron chi connectivity index (χ3n) is 2.75. The van der Waals surface area contributed by atoms with Crippen molar-refractivity contribution in [2.45, 2.75) is 6.42 Å². The Hall–Kier alpha value is -2.21. The van der Waals surface area contributed by atoms with Crippen molar-refractivity contribution in [1.29, 1.82) is 0 Å². The molecule has 20 heavy (non-hydrogen) atoms. The molecule has 0 unspecified atom stereocenters. The maximum atomic E-state index is 11.1. The predicted octanol–water partition coefficient (Wildman–Crippen LogP) is 2.66. The third kappa shape index (κ3) is 3.21. The van der Waals surface area contributed by atoms with Crippen LogP contribution in [0.5, 0.6) is 11.5 Å². The molecule has 0 saturated heterocycles. The van der Waals surface area contributed by atoms with Gasteiger partial charge in [0.05, 0.1) is 25.0 Å².